The molecule has 0 spiro atoms. The monoisotopic (exact) mass is 282 g/mol. The number of hydrogen-bond acceptors (Lipinski definition) is 4. The summed E-state index contributed by atoms with van der Waals surface area (Å²) in [7, 11) is 0. The summed E-state index contributed by atoms with van der Waals surface area (Å²) in [5.74, 6) is 1.32. The minimum atomic E-state index is -0.540. The zero-order valence-corrected chi connectivity index (χ0v) is 11.7. The van der Waals surface area contributed by atoms with Crippen molar-refractivity contribution in [3.8, 4) is 17.6 Å². The summed E-state index contributed by atoms with van der Waals surface area (Å²) < 4.78 is 5.62. The summed E-state index contributed by atoms with van der Waals surface area (Å²) in [6, 6.07) is 13.4. The summed E-state index contributed by atoms with van der Waals surface area (Å²) in [6.07, 6.45) is 0. The minimum Gasteiger partial charge on any atom is -0.456 e. The first-order chi connectivity index (χ1) is 10.0. The molecule has 106 valence electrons. The second kappa shape index (κ2) is 6.06. The number of hydrogen-bond donors (Lipinski definition) is 0. The van der Waals surface area contributed by atoms with Crippen molar-refractivity contribution in [2.45, 2.75) is 19.8 Å². The van der Waals surface area contributed by atoms with Gasteiger partial charge in [0.2, 0.25) is 0 Å². The van der Waals surface area contributed by atoms with Gasteiger partial charge in [0.25, 0.3) is 5.69 Å². The Kier molecular flexibility index (Phi) is 4.19. The number of benzene rings is 2. The Morgan fingerprint density at radius 2 is 1.86 bits per heavy atom. The highest BCUT2D eigenvalue weighted by molar-refractivity contribution is 5.51. The van der Waals surface area contributed by atoms with E-state index in [0.29, 0.717) is 17.4 Å². The van der Waals surface area contributed by atoms with Gasteiger partial charge in [-0.3, -0.25) is 10.1 Å². The normalized spacial score (nSPS) is 10.2. The molecule has 0 amide bonds. The van der Waals surface area contributed by atoms with Crippen LogP contribution in [0.3, 0.4) is 0 Å². The first kappa shape index (κ1) is 14.5. The molecule has 5 heteroatoms. The number of nitrogens with zero attached hydrogens (tertiary/aromatic N) is 2. The van der Waals surface area contributed by atoms with Crippen LogP contribution < -0.4 is 4.74 Å². The molecule has 2 aromatic rings. The highest BCUT2D eigenvalue weighted by Crippen LogP contribution is 2.29. The maximum atomic E-state index is 10.7. The Hall–Kier alpha value is -2.87. The molecule has 0 radical (unpaired) electrons. The minimum absolute atomic E-state index is 0.131. The fraction of sp³-hybridized carbons (Fsp3) is 0.188. The van der Waals surface area contributed by atoms with Crippen LogP contribution in [-0.2, 0) is 0 Å². The SMILES string of the molecule is CC(C)c1ccc(Oc2ccc([N+](=O)[O-])cc2C#N)cc1. The highest BCUT2D eigenvalue weighted by atomic mass is 16.6. The standard InChI is InChI=1S/C16H14N2O3/c1-11(2)12-3-6-15(7-4-12)21-16-8-5-14(18(19)20)9-13(16)10-17/h3-9,11H,1-2H3. The lowest BCUT2D eigenvalue weighted by atomic mass is 10.0. The number of ether oxygens (including phenoxy) is 1. The molecule has 0 N–H and O–H groups in total. The Balaban J connectivity index is 2.27. The van der Waals surface area contributed by atoms with Gasteiger partial charge in [0, 0.05) is 12.1 Å². The first-order valence-electron chi connectivity index (χ1n) is 6.47. The predicted octanol–water partition coefficient (Wildman–Crippen LogP) is 4.38. The molecule has 0 heterocycles. The number of rotatable bonds is 4. The van der Waals surface area contributed by atoms with Crippen molar-refractivity contribution in [1.29, 1.82) is 5.26 Å². The van der Waals surface area contributed by atoms with Crippen molar-refractivity contribution >= 4 is 5.69 Å². The molecule has 0 aliphatic heterocycles. The lowest BCUT2D eigenvalue weighted by molar-refractivity contribution is -0.384. The van der Waals surface area contributed by atoms with Gasteiger partial charge in [-0.15, -0.1) is 0 Å². The maximum absolute atomic E-state index is 10.7. The van der Waals surface area contributed by atoms with Gasteiger partial charge in [-0.1, -0.05) is 26.0 Å². The van der Waals surface area contributed by atoms with Gasteiger partial charge in [-0.05, 0) is 29.7 Å². The van der Waals surface area contributed by atoms with Crippen molar-refractivity contribution in [3.63, 3.8) is 0 Å². The third kappa shape index (κ3) is 3.37. The van der Waals surface area contributed by atoms with Gasteiger partial charge in [0.15, 0.2) is 0 Å². The van der Waals surface area contributed by atoms with Gasteiger partial charge in [-0.25, -0.2) is 0 Å². The molecule has 0 aromatic heterocycles. The fourth-order valence-corrected chi connectivity index (χ4v) is 1.86. The number of nitro benzene ring substituents is 1. The van der Waals surface area contributed by atoms with Gasteiger partial charge in [0.1, 0.15) is 23.1 Å². The molecule has 0 saturated carbocycles. The molecule has 2 aromatic carbocycles. The summed E-state index contributed by atoms with van der Waals surface area (Å²) in [4.78, 5) is 10.2. The van der Waals surface area contributed by atoms with Crippen LogP contribution in [0.15, 0.2) is 42.5 Å². The Morgan fingerprint density at radius 3 is 2.38 bits per heavy atom. The van der Waals surface area contributed by atoms with Crippen molar-refractivity contribution in [3.05, 3.63) is 63.7 Å². The smallest absolute Gasteiger partial charge is 0.271 e. The second-order valence-corrected chi connectivity index (χ2v) is 4.88. The summed E-state index contributed by atoms with van der Waals surface area (Å²) >= 11 is 0. The van der Waals surface area contributed by atoms with Gasteiger partial charge >= 0.3 is 0 Å². The van der Waals surface area contributed by atoms with E-state index in [1.165, 1.54) is 23.8 Å². The lowest BCUT2D eigenvalue weighted by Gasteiger charge is -2.09. The van der Waals surface area contributed by atoms with E-state index in [0.717, 1.165) is 0 Å². The molecular weight excluding hydrogens is 268 g/mol. The Labute approximate surface area is 122 Å². The number of nitriles is 1. The van der Waals surface area contributed by atoms with Crippen LogP contribution in [0.5, 0.6) is 11.5 Å². The lowest BCUT2D eigenvalue weighted by Crippen LogP contribution is -1.93. The van der Waals surface area contributed by atoms with E-state index < -0.39 is 4.92 Å². The topological polar surface area (TPSA) is 76.2 Å². The molecule has 0 bridgehead atoms. The first-order valence-corrected chi connectivity index (χ1v) is 6.47. The molecule has 0 unspecified atom stereocenters. The molecule has 0 aliphatic rings. The van der Waals surface area contributed by atoms with E-state index >= 15 is 0 Å². The molecule has 0 aliphatic carbocycles. The largest absolute Gasteiger partial charge is 0.456 e. The van der Waals surface area contributed by atoms with E-state index in [1.807, 2.05) is 30.3 Å². The number of nitro groups is 1. The van der Waals surface area contributed by atoms with Crippen LogP contribution in [0, 0.1) is 21.4 Å². The van der Waals surface area contributed by atoms with Crippen molar-refractivity contribution < 1.29 is 9.66 Å². The zero-order valence-electron chi connectivity index (χ0n) is 11.7. The fourth-order valence-electron chi connectivity index (χ4n) is 1.86. The number of non-ortho nitro benzene ring substituents is 1. The van der Waals surface area contributed by atoms with Crippen LogP contribution in [-0.4, -0.2) is 4.92 Å². The quantitative estimate of drug-likeness (QED) is 0.615. The van der Waals surface area contributed by atoms with Crippen LogP contribution in [0.2, 0.25) is 0 Å². The van der Waals surface area contributed by atoms with Crippen molar-refractivity contribution in [2.75, 3.05) is 0 Å². The maximum Gasteiger partial charge on any atom is 0.271 e. The molecule has 0 fully saturated rings. The van der Waals surface area contributed by atoms with Crippen LogP contribution in [0.1, 0.15) is 30.9 Å². The second-order valence-electron chi connectivity index (χ2n) is 4.88. The van der Waals surface area contributed by atoms with E-state index in [9.17, 15) is 10.1 Å². The summed E-state index contributed by atoms with van der Waals surface area (Å²) in [5.41, 5.74) is 1.19. The highest BCUT2D eigenvalue weighted by Gasteiger charge is 2.12. The molecule has 21 heavy (non-hydrogen) atoms. The average Bonchev–Trinajstić information content (AvgIpc) is 2.48. The Bertz CT molecular complexity index is 700. The molecule has 5 nitrogen and oxygen atoms in total. The summed E-state index contributed by atoms with van der Waals surface area (Å²) in [5, 5.41) is 19.8. The third-order valence-electron chi connectivity index (χ3n) is 3.07. The van der Waals surface area contributed by atoms with E-state index in [4.69, 9.17) is 10.00 Å². The molecule has 0 saturated heterocycles. The van der Waals surface area contributed by atoms with E-state index in [-0.39, 0.29) is 11.3 Å². The van der Waals surface area contributed by atoms with Gasteiger partial charge in [0.05, 0.1) is 4.92 Å². The zero-order chi connectivity index (χ0) is 15.4. The van der Waals surface area contributed by atoms with Crippen LogP contribution >= 0.6 is 0 Å². The van der Waals surface area contributed by atoms with Gasteiger partial charge < -0.3 is 4.74 Å². The summed E-state index contributed by atoms with van der Waals surface area (Å²) in [6.45, 7) is 4.19. The van der Waals surface area contributed by atoms with Gasteiger partial charge in [-0.2, -0.15) is 5.26 Å². The van der Waals surface area contributed by atoms with E-state index in [1.54, 1.807) is 0 Å². The molecule has 2 rings (SSSR count). The Morgan fingerprint density at radius 1 is 1.19 bits per heavy atom. The predicted molar refractivity (Wildman–Crippen MR) is 78.4 cm³/mol. The van der Waals surface area contributed by atoms with Crippen molar-refractivity contribution in [1.82, 2.24) is 0 Å². The van der Waals surface area contributed by atoms with Crippen LogP contribution in [0.4, 0.5) is 5.69 Å². The van der Waals surface area contributed by atoms with Crippen LogP contribution in [0.25, 0.3) is 0 Å². The molecular formula is C16H14N2O3. The van der Waals surface area contributed by atoms with Crippen molar-refractivity contribution in [2.24, 2.45) is 0 Å². The van der Waals surface area contributed by atoms with E-state index in [2.05, 4.69) is 13.8 Å². The average molecular weight is 282 g/mol. The third-order valence-corrected chi connectivity index (χ3v) is 3.07. The molecule has 0 atom stereocenters.